The summed E-state index contributed by atoms with van der Waals surface area (Å²) in [6.45, 7) is 6.34. The fraction of sp³-hybridized carbons (Fsp3) is 0.625. The lowest BCUT2D eigenvalue weighted by atomic mass is 10.1. The first-order valence-corrected chi connectivity index (χ1v) is 7.58. The van der Waals surface area contributed by atoms with Gasteiger partial charge >= 0.3 is 6.18 Å². The van der Waals surface area contributed by atoms with Gasteiger partial charge in [-0.15, -0.1) is 0 Å². The number of hydrogen-bond donors (Lipinski definition) is 1. The lowest BCUT2D eigenvalue weighted by Crippen LogP contribution is -2.35. The van der Waals surface area contributed by atoms with Gasteiger partial charge in [-0.05, 0) is 56.1 Å². The summed E-state index contributed by atoms with van der Waals surface area (Å²) < 4.78 is 37.4. The van der Waals surface area contributed by atoms with Gasteiger partial charge in [0.2, 0.25) is 0 Å². The molecular weight excluding hydrogens is 277 g/mol. The highest BCUT2D eigenvalue weighted by Crippen LogP contribution is 2.29. The van der Waals surface area contributed by atoms with Crippen molar-refractivity contribution in [3.63, 3.8) is 0 Å². The zero-order chi connectivity index (χ0) is 15.3. The van der Waals surface area contributed by atoms with E-state index in [1.807, 2.05) is 0 Å². The first-order valence-electron chi connectivity index (χ1n) is 7.58. The fourth-order valence-corrected chi connectivity index (χ4v) is 2.72. The molecule has 0 amide bonds. The van der Waals surface area contributed by atoms with E-state index in [0.29, 0.717) is 5.92 Å². The average molecular weight is 300 g/mol. The number of rotatable bonds is 5. The minimum atomic E-state index is -4.26. The third-order valence-corrected chi connectivity index (χ3v) is 3.89. The fourth-order valence-electron chi connectivity index (χ4n) is 2.72. The first kappa shape index (κ1) is 16.1. The molecular formula is C16H23F3N2. The number of alkyl halides is 3. The molecule has 1 aromatic rings. The molecule has 0 bridgehead atoms. The Labute approximate surface area is 124 Å². The molecule has 0 spiro atoms. The molecule has 1 aliphatic heterocycles. The second kappa shape index (κ2) is 7.16. The van der Waals surface area contributed by atoms with E-state index >= 15 is 0 Å². The van der Waals surface area contributed by atoms with Crippen LogP contribution in [-0.2, 0) is 6.18 Å². The largest absolute Gasteiger partial charge is 0.416 e. The Morgan fingerprint density at radius 2 is 1.71 bits per heavy atom. The van der Waals surface area contributed by atoms with Crippen molar-refractivity contribution in [2.75, 3.05) is 31.5 Å². The van der Waals surface area contributed by atoms with Crippen molar-refractivity contribution in [2.24, 2.45) is 5.92 Å². The minimum absolute atomic E-state index is 0.477. The second-order valence-corrected chi connectivity index (χ2v) is 5.92. The van der Waals surface area contributed by atoms with Crippen LogP contribution in [0.1, 0.15) is 31.7 Å². The molecule has 1 N–H and O–H groups in total. The van der Waals surface area contributed by atoms with Gasteiger partial charge in [-0.3, -0.25) is 0 Å². The van der Waals surface area contributed by atoms with Gasteiger partial charge in [0.05, 0.1) is 5.56 Å². The van der Waals surface area contributed by atoms with Crippen LogP contribution in [0.5, 0.6) is 0 Å². The van der Waals surface area contributed by atoms with Gasteiger partial charge in [0.25, 0.3) is 0 Å². The smallest absolute Gasteiger partial charge is 0.385 e. The summed E-state index contributed by atoms with van der Waals surface area (Å²) in [4.78, 5) is 2.47. The maximum Gasteiger partial charge on any atom is 0.416 e. The van der Waals surface area contributed by atoms with E-state index in [-0.39, 0.29) is 0 Å². The third-order valence-electron chi connectivity index (χ3n) is 3.89. The summed E-state index contributed by atoms with van der Waals surface area (Å²) in [6, 6.07) is 5.24. The van der Waals surface area contributed by atoms with Crippen molar-refractivity contribution < 1.29 is 13.2 Å². The van der Waals surface area contributed by atoms with Gasteiger partial charge in [-0.1, -0.05) is 13.3 Å². The molecule has 1 saturated heterocycles. The summed E-state index contributed by atoms with van der Waals surface area (Å²) >= 11 is 0. The first-order chi connectivity index (χ1) is 9.95. The van der Waals surface area contributed by atoms with Crippen LogP contribution in [0.15, 0.2) is 24.3 Å². The minimum Gasteiger partial charge on any atom is -0.385 e. The lowest BCUT2D eigenvalue weighted by Gasteiger charge is -2.29. The van der Waals surface area contributed by atoms with Crippen LogP contribution < -0.4 is 5.32 Å². The van der Waals surface area contributed by atoms with E-state index in [1.165, 1.54) is 44.5 Å². The highest BCUT2D eigenvalue weighted by molar-refractivity contribution is 5.45. The number of anilines is 1. The molecule has 2 nitrogen and oxygen atoms in total. The molecule has 21 heavy (non-hydrogen) atoms. The maximum absolute atomic E-state index is 12.5. The van der Waals surface area contributed by atoms with E-state index in [9.17, 15) is 13.2 Å². The number of benzene rings is 1. The zero-order valence-corrected chi connectivity index (χ0v) is 12.4. The van der Waals surface area contributed by atoms with E-state index in [1.54, 1.807) is 0 Å². The Morgan fingerprint density at radius 3 is 2.29 bits per heavy atom. The normalized spacial score (nSPS) is 18.5. The Kier molecular flexibility index (Phi) is 5.51. The molecule has 1 aromatic carbocycles. The second-order valence-electron chi connectivity index (χ2n) is 5.92. The van der Waals surface area contributed by atoms with Crippen molar-refractivity contribution in [3.05, 3.63) is 29.8 Å². The molecule has 5 heteroatoms. The van der Waals surface area contributed by atoms with E-state index in [4.69, 9.17) is 0 Å². The molecule has 0 aliphatic carbocycles. The number of piperidine rings is 1. The van der Waals surface area contributed by atoms with Crippen molar-refractivity contribution in [2.45, 2.75) is 32.4 Å². The Bertz CT molecular complexity index is 422. The molecule has 1 atom stereocenters. The van der Waals surface area contributed by atoms with Crippen LogP contribution in [0.3, 0.4) is 0 Å². The van der Waals surface area contributed by atoms with Crippen molar-refractivity contribution in [1.82, 2.24) is 4.90 Å². The van der Waals surface area contributed by atoms with Crippen molar-refractivity contribution in [1.29, 1.82) is 0 Å². The quantitative estimate of drug-likeness (QED) is 0.875. The molecule has 2 rings (SSSR count). The Balaban J connectivity index is 1.76. The summed E-state index contributed by atoms with van der Waals surface area (Å²) in [5.74, 6) is 0.477. The average Bonchev–Trinajstić information content (AvgIpc) is 2.46. The molecule has 118 valence electrons. The maximum atomic E-state index is 12.5. The van der Waals surface area contributed by atoms with Crippen molar-refractivity contribution >= 4 is 5.69 Å². The van der Waals surface area contributed by atoms with Gasteiger partial charge in [-0.25, -0.2) is 0 Å². The molecule has 1 aliphatic rings. The predicted octanol–water partition coefficient (Wildman–Crippen LogP) is 4.24. The van der Waals surface area contributed by atoms with Gasteiger partial charge in [0.1, 0.15) is 0 Å². The van der Waals surface area contributed by atoms with Crippen LogP contribution in [0.4, 0.5) is 18.9 Å². The Hall–Kier alpha value is -1.23. The molecule has 0 saturated carbocycles. The summed E-state index contributed by atoms with van der Waals surface area (Å²) in [5, 5.41) is 3.22. The molecule has 0 aromatic heterocycles. The van der Waals surface area contributed by atoms with E-state index in [0.717, 1.165) is 30.9 Å². The number of nitrogens with one attached hydrogen (secondary N) is 1. The molecule has 1 unspecified atom stereocenters. The highest BCUT2D eigenvalue weighted by Gasteiger charge is 2.29. The van der Waals surface area contributed by atoms with Gasteiger partial charge < -0.3 is 10.2 Å². The lowest BCUT2D eigenvalue weighted by molar-refractivity contribution is -0.137. The highest BCUT2D eigenvalue weighted by atomic mass is 19.4. The molecule has 0 radical (unpaired) electrons. The van der Waals surface area contributed by atoms with Crippen LogP contribution in [0, 0.1) is 5.92 Å². The zero-order valence-electron chi connectivity index (χ0n) is 12.4. The van der Waals surface area contributed by atoms with Crippen LogP contribution in [-0.4, -0.2) is 31.1 Å². The van der Waals surface area contributed by atoms with Gasteiger partial charge in [0, 0.05) is 18.8 Å². The molecule has 1 heterocycles. The van der Waals surface area contributed by atoms with E-state index in [2.05, 4.69) is 17.1 Å². The number of halogens is 3. The SMILES string of the molecule is CC(CNc1ccc(C(F)(F)F)cc1)CN1CCCCC1. The summed E-state index contributed by atoms with van der Waals surface area (Å²) in [7, 11) is 0. The number of nitrogens with zero attached hydrogens (tertiary/aromatic N) is 1. The van der Waals surface area contributed by atoms with Crippen LogP contribution in [0.25, 0.3) is 0 Å². The standard InChI is InChI=1S/C16H23F3N2/c1-13(12-21-9-3-2-4-10-21)11-20-15-7-5-14(6-8-15)16(17,18)19/h5-8,13,20H,2-4,9-12H2,1H3. The topological polar surface area (TPSA) is 15.3 Å². The number of likely N-dealkylation sites (tertiary alicyclic amines) is 1. The Morgan fingerprint density at radius 1 is 1.10 bits per heavy atom. The van der Waals surface area contributed by atoms with Crippen LogP contribution >= 0.6 is 0 Å². The predicted molar refractivity (Wildman–Crippen MR) is 79.4 cm³/mol. The monoisotopic (exact) mass is 300 g/mol. The van der Waals surface area contributed by atoms with Crippen molar-refractivity contribution in [3.8, 4) is 0 Å². The van der Waals surface area contributed by atoms with E-state index < -0.39 is 11.7 Å². The van der Waals surface area contributed by atoms with Gasteiger partial charge in [-0.2, -0.15) is 13.2 Å². The third kappa shape index (κ3) is 5.23. The van der Waals surface area contributed by atoms with Crippen LogP contribution in [0.2, 0.25) is 0 Å². The van der Waals surface area contributed by atoms with Gasteiger partial charge in [0.15, 0.2) is 0 Å². The molecule has 1 fully saturated rings. The number of hydrogen-bond acceptors (Lipinski definition) is 2. The summed E-state index contributed by atoms with van der Waals surface area (Å²) in [5.41, 5.74) is 0.142. The summed E-state index contributed by atoms with van der Waals surface area (Å²) in [6.07, 6.45) is -0.382.